The number of carbonyl (C=O) groups excluding carboxylic acids is 1. The zero-order chi connectivity index (χ0) is 17.8. The second-order valence-corrected chi connectivity index (χ2v) is 6.78. The molecule has 132 valence electrons. The molecular formula is C21H26N2O2. The summed E-state index contributed by atoms with van der Waals surface area (Å²) in [5.41, 5.74) is 4.52. The molecule has 0 radical (unpaired) electrons. The van der Waals surface area contributed by atoms with E-state index in [1.807, 2.05) is 18.2 Å². The fraction of sp³-hybridized carbons (Fsp3) is 0.381. The first-order valence-corrected chi connectivity index (χ1v) is 8.82. The van der Waals surface area contributed by atoms with E-state index in [0.29, 0.717) is 23.8 Å². The molecule has 1 unspecified atom stereocenters. The first kappa shape index (κ1) is 17.3. The van der Waals surface area contributed by atoms with E-state index in [0.717, 1.165) is 19.5 Å². The maximum Gasteiger partial charge on any atom is 0.255 e. The lowest BCUT2D eigenvalue weighted by molar-refractivity contribution is 0.0945. The molecular weight excluding hydrogens is 312 g/mol. The summed E-state index contributed by atoms with van der Waals surface area (Å²) in [6, 6.07) is 14.0. The fourth-order valence-electron chi connectivity index (χ4n) is 3.32. The number of rotatable bonds is 5. The van der Waals surface area contributed by atoms with Crippen molar-refractivity contribution < 1.29 is 9.53 Å². The topological polar surface area (TPSA) is 41.6 Å². The van der Waals surface area contributed by atoms with E-state index >= 15 is 0 Å². The summed E-state index contributed by atoms with van der Waals surface area (Å²) in [6.07, 6.45) is 1.10. The largest absolute Gasteiger partial charge is 0.496 e. The van der Waals surface area contributed by atoms with E-state index in [9.17, 15) is 4.79 Å². The van der Waals surface area contributed by atoms with Crippen molar-refractivity contribution >= 4 is 11.6 Å². The van der Waals surface area contributed by atoms with E-state index in [1.54, 1.807) is 13.2 Å². The van der Waals surface area contributed by atoms with Crippen LogP contribution in [0.4, 0.5) is 5.69 Å². The first-order valence-electron chi connectivity index (χ1n) is 8.82. The fourth-order valence-corrected chi connectivity index (χ4v) is 3.32. The average Bonchev–Trinajstić information content (AvgIpc) is 3.11. The second kappa shape index (κ2) is 7.60. The summed E-state index contributed by atoms with van der Waals surface area (Å²) < 4.78 is 5.26. The predicted octanol–water partition coefficient (Wildman–Crippen LogP) is 3.57. The monoisotopic (exact) mass is 338 g/mol. The number of nitrogens with one attached hydrogen (secondary N) is 1. The minimum Gasteiger partial charge on any atom is -0.496 e. The summed E-state index contributed by atoms with van der Waals surface area (Å²) in [5.74, 6) is 1.02. The highest BCUT2D eigenvalue weighted by Gasteiger charge is 2.24. The van der Waals surface area contributed by atoms with Gasteiger partial charge in [-0.15, -0.1) is 0 Å². The van der Waals surface area contributed by atoms with E-state index < -0.39 is 0 Å². The number of hydrogen-bond donors (Lipinski definition) is 1. The molecule has 2 aromatic carbocycles. The molecule has 1 atom stereocenters. The molecule has 3 rings (SSSR count). The normalized spacial score (nSPS) is 16.8. The minimum atomic E-state index is -0.0675. The zero-order valence-corrected chi connectivity index (χ0v) is 15.2. The Morgan fingerprint density at radius 2 is 2.00 bits per heavy atom. The van der Waals surface area contributed by atoms with Crippen LogP contribution < -0.4 is 15.0 Å². The maximum atomic E-state index is 12.4. The van der Waals surface area contributed by atoms with Crippen LogP contribution in [0.5, 0.6) is 5.75 Å². The standard InChI is InChI=1S/C21H26N2O2/c1-15-8-9-18(12-16(15)2)23-11-10-17(14-23)13-22-21(24)19-6-4-5-7-20(19)25-3/h4-9,12,17H,10-11,13-14H2,1-3H3,(H,22,24). The molecule has 4 nitrogen and oxygen atoms in total. The van der Waals surface area contributed by atoms with Gasteiger partial charge in [0.05, 0.1) is 12.7 Å². The van der Waals surface area contributed by atoms with Gasteiger partial charge in [-0.05, 0) is 61.6 Å². The Kier molecular flexibility index (Phi) is 5.27. The molecule has 4 heteroatoms. The number of amides is 1. The highest BCUT2D eigenvalue weighted by molar-refractivity contribution is 5.96. The molecule has 0 spiro atoms. The van der Waals surface area contributed by atoms with Gasteiger partial charge in [-0.3, -0.25) is 4.79 Å². The maximum absolute atomic E-state index is 12.4. The molecule has 1 heterocycles. The molecule has 1 fully saturated rings. The van der Waals surface area contributed by atoms with Gasteiger partial charge in [0.15, 0.2) is 0 Å². The van der Waals surface area contributed by atoms with Crippen molar-refractivity contribution in [1.82, 2.24) is 5.32 Å². The third kappa shape index (κ3) is 3.95. The van der Waals surface area contributed by atoms with Gasteiger partial charge >= 0.3 is 0 Å². The number of benzene rings is 2. The smallest absolute Gasteiger partial charge is 0.255 e. The van der Waals surface area contributed by atoms with Crippen molar-refractivity contribution in [3.63, 3.8) is 0 Å². The van der Waals surface area contributed by atoms with Crippen LogP contribution in [0.2, 0.25) is 0 Å². The van der Waals surface area contributed by atoms with E-state index in [-0.39, 0.29) is 5.91 Å². The minimum absolute atomic E-state index is 0.0675. The van der Waals surface area contributed by atoms with Crippen LogP contribution in [0.15, 0.2) is 42.5 Å². The van der Waals surface area contributed by atoms with Gasteiger partial charge < -0.3 is 15.0 Å². The Hall–Kier alpha value is -2.49. The SMILES string of the molecule is COc1ccccc1C(=O)NCC1CCN(c2ccc(C)c(C)c2)C1. The van der Waals surface area contributed by atoms with Crippen LogP contribution in [-0.4, -0.2) is 32.7 Å². The second-order valence-electron chi connectivity index (χ2n) is 6.78. The van der Waals surface area contributed by atoms with Gasteiger partial charge in [-0.25, -0.2) is 0 Å². The van der Waals surface area contributed by atoms with Crippen LogP contribution in [0.25, 0.3) is 0 Å². The van der Waals surface area contributed by atoms with Crippen molar-refractivity contribution in [2.75, 3.05) is 31.6 Å². The number of para-hydroxylation sites is 1. The van der Waals surface area contributed by atoms with Gasteiger partial charge in [0, 0.05) is 25.3 Å². The van der Waals surface area contributed by atoms with Crippen LogP contribution in [0.1, 0.15) is 27.9 Å². The van der Waals surface area contributed by atoms with Crippen LogP contribution >= 0.6 is 0 Å². The molecule has 1 N–H and O–H groups in total. The molecule has 2 aromatic rings. The van der Waals surface area contributed by atoms with Crippen molar-refractivity contribution in [2.45, 2.75) is 20.3 Å². The molecule has 25 heavy (non-hydrogen) atoms. The first-order chi connectivity index (χ1) is 12.1. The molecule has 1 saturated heterocycles. The Morgan fingerprint density at radius 1 is 1.20 bits per heavy atom. The van der Waals surface area contributed by atoms with Crippen molar-refractivity contribution in [2.24, 2.45) is 5.92 Å². The molecule has 0 aromatic heterocycles. The van der Waals surface area contributed by atoms with Gasteiger partial charge in [0.2, 0.25) is 0 Å². The van der Waals surface area contributed by atoms with E-state index in [1.165, 1.54) is 16.8 Å². The molecule has 0 aliphatic carbocycles. The van der Waals surface area contributed by atoms with Crippen molar-refractivity contribution in [3.05, 3.63) is 59.2 Å². The van der Waals surface area contributed by atoms with Crippen LogP contribution in [0, 0.1) is 19.8 Å². The zero-order valence-electron chi connectivity index (χ0n) is 15.2. The number of nitrogens with zero attached hydrogens (tertiary/aromatic N) is 1. The highest BCUT2D eigenvalue weighted by Crippen LogP contribution is 2.25. The molecule has 0 saturated carbocycles. The van der Waals surface area contributed by atoms with Crippen molar-refractivity contribution in [1.29, 1.82) is 0 Å². The van der Waals surface area contributed by atoms with Gasteiger partial charge in [-0.1, -0.05) is 18.2 Å². The van der Waals surface area contributed by atoms with Crippen molar-refractivity contribution in [3.8, 4) is 5.75 Å². The Balaban J connectivity index is 1.56. The molecule has 1 amide bonds. The Labute approximate surface area is 149 Å². The average molecular weight is 338 g/mol. The van der Waals surface area contributed by atoms with Gasteiger partial charge in [-0.2, -0.15) is 0 Å². The van der Waals surface area contributed by atoms with Crippen LogP contribution in [0.3, 0.4) is 0 Å². The number of ether oxygens (including phenoxy) is 1. The highest BCUT2D eigenvalue weighted by atomic mass is 16.5. The summed E-state index contributed by atoms with van der Waals surface area (Å²) in [7, 11) is 1.59. The lowest BCUT2D eigenvalue weighted by Gasteiger charge is -2.20. The molecule has 1 aliphatic rings. The lowest BCUT2D eigenvalue weighted by atomic mass is 10.1. The Morgan fingerprint density at radius 3 is 2.76 bits per heavy atom. The third-order valence-corrected chi connectivity index (χ3v) is 5.04. The van der Waals surface area contributed by atoms with E-state index in [4.69, 9.17) is 4.74 Å². The lowest BCUT2D eigenvalue weighted by Crippen LogP contribution is -2.31. The van der Waals surface area contributed by atoms with Gasteiger partial charge in [0.1, 0.15) is 5.75 Å². The number of aryl methyl sites for hydroxylation is 2. The summed E-state index contributed by atoms with van der Waals surface area (Å²) in [5, 5.41) is 3.06. The predicted molar refractivity (Wildman–Crippen MR) is 102 cm³/mol. The summed E-state index contributed by atoms with van der Waals surface area (Å²) in [6.45, 7) is 7.00. The molecule has 1 aliphatic heterocycles. The molecule has 0 bridgehead atoms. The van der Waals surface area contributed by atoms with Gasteiger partial charge in [0.25, 0.3) is 5.91 Å². The number of anilines is 1. The number of methoxy groups -OCH3 is 1. The number of hydrogen-bond acceptors (Lipinski definition) is 3. The summed E-state index contributed by atoms with van der Waals surface area (Å²) in [4.78, 5) is 14.8. The third-order valence-electron chi connectivity index (χ3n) is 5.04. The Bertz CT molecular complexity index is 757. The number of carbonyl (C=O) groups is 1. The van der Waals surface area contributed by atoms with Crippen LogP contribution in [-0.2, 0) is 0 Å². The summed E-state index contributed by atoms with van der Waals surface area (Å²) >= 11 is 0. The quantitative estimate of drug-likeness (QED) is 0.906. The van der Waals surface area contributed by atoms with E-state index in [2.05, 4.69) is 42.3 Å².